The highest BCUT2D eigenvalue weighted by molar-refractivity contribution is 5.64. The van der Waals surface area contributed by atoms with Crippen LogP contribution in [0.2, 0.25) is 0 Å². The molecule has 4 heteroatoms. The molecule has 3 N–H and O–H groups in total. The number of nitrogens with one attached hydrogen (secondary N) is 1. The molecule has 0 aromatic rings. The van der Waals surface area contributed by atoms with Gasteiger partial charge in [-0.05, 0) is 30.1 Å². The van der Waals surface area contributed by atoms with Gasteiger partial charge >= 0.3 is 6.09 Å². The first-order valence-corrected chi connectivity index (χ1v) is 6.36. The largest absolute Gasteiger partial charge is 0.448 e. The molecule has 4 nitrogen and oxygen atoms in total. The zero-order valence-corrected chi connectivity index (χ0v) is 11.5. The Hall–Kier alpha value is -0.770. The van der Waals surface area contributed by atoms with Crippen molar-refractivity contribution in [3.63, 3.8) is 0 Å². The molecule has 0 aromatic carbocycles. The lowest BCUT2D eigenvalue weighted by atomic mass is 9.63. The minimum absolute atomic E-state index is 0.354. The zero-order chi connectivity index (χ0) is 13.1. The summed E-state index contributed by atoms with van der Waals surface area (Å²) in [6, 6.07) is 0.505. The predicted molar refractivity (Wildman–Crippen MR) is 68.7 cm³/mol. The highest BCUT2D eigenvalue weighted by Crippen LogP contribution is 2.45. The van der Waals surface area contributed by atoms with Gasteiger partial charge in [0, 0.05) is 12.6 Å². The van der Waals surface area contributed by atoms with Crippen molar-refractivity contribution in [2.45, 2.75) is 53.0 Å². The van der Waals surface area contributed by atoms with E-state index in [0.29, 0.717) is 30.0 Å². The van der Waals surface area contributed by atoms with E-state index in [0.717, 1.165) is 0 Å². The number of rotatable bonds is 4. The van der Waals surface area contributed by atoms with Gasteiger partial charge in [-0.2, -0.15) is 0 Å². The van der Waals surface area contributed by atoms with Crippen molar-refractivity contribution in [3.8, 4) is 0 Å². The van der Waals surface area contributed by atoms with Crippen molar-refractivity contribution in [2.75, 3.05) is 13.2 Å². The maximum atomic E-state index is 10.4. The van der Waals surface area contributed by atoms with Gasteiger partial charge in [0.05, 0.1) is 0 Å². The third kappa shape index (κ3) is 5.39. The molecule has 1 aliphatic carbocycles. The molecule has 1 saturated carbocycles. The zero-order valence-electron chi connectivity index (χ0n) is 11.5. The van der Waals surface area contributed by atoms with Crippen molar-refractivity contribution >= 4 is 6.09 Å². The number of amides is 1. The van der Waals surface area contributed by atoms with Crippen molar-refractivity contribution in [3.05, 3.63) is 0 Å². The average molecular weight is 242 g/mol. The Bertz CT molecular complexity index is 259. The lowest BCUT2D eigenvalue weighted by molar-refractivity contribution is 0.0814. The Balaban J connectivity index is 2.35. The van der Waals surface area contributed by atoms with Crippen LogP contribution in [-0.4, -0.2) is 25.3 Å². The third-order valence-corrected chi connectivity index (χ3v) is 3.33. The highest BCUT2D eigenvalue weighted by atomic mass is 16.5. The second kappa shape index (κ2) is 5.25. The standard InChI is InChI=1S/C13H26N2O2/c1-12(2)7-10(8-13(3,4)9-12)15-5-6-17-11(14)16/h10,15H,5-9H2,1-4H3,(H2,14,16). The van der Waals surface area contributed by atoms with Crippen LogP contribution in [0.4, 0.5) is 4.79 Å². The molecule has 0 bridgehead atoms. The lowest BCUT2D eigenvalue weighted by Gasteiger charge is -2.45. The van der Waals surface area contributed by atoms with E-state index in [1.54, 1.807) is 0 Å². The van der Waals surface area contributed by atoms with E-state index in [1.807, 2.05) is 0 Å². The number of ether oxygens (including phenoxy) is 1. The van der Waals surface area contributed by atoms with Gasteiger partial charge in [0.25, 0.3) is 0 Å². The fourth-order valence-electron chi connectivity index (χ4n) is 3.41. The monoisotopic (exact) mass is 242 g/mol. The van der Waals surface area contributed by atoms with Crippen LogP contribution >= 0.6 is 0 Å². The number of nitrogens with two attached hydrogens (primary N) is 1. The minimum Gasteiger partial charge on any atom is -0.448 e. The Morgan fingerprint density at radius 2 is 1.82 bits per heavy atom. The SMILES string of the molecule is CC1(C)CC(NCCOC(N)=O)CC(C)(C)C1. The van der Waals surface area contributed by atoms with Gasteiger partial charge in [0.15, 0.2) is 0 Å². The maximum Gasteiger partial charge on any atom is 0.404 e. The van der Waals surface area contributed by atoms with E-state index < -0.39 is 6.09 Å². The van der Waals surface area contributed by atoms with E-state index >= 15 is 0 Å². The second-order valence-corrected chi connectivity index (χ2v) is 6.73. The molecule has 1 aliphatic rings. The summed E-state index contributed by atoms with van der Waals surface area (Å²) in [6.45, 7) is 10.3. The summed E-state index contributed by atoms with van der Waals surface area (Å²) in [4.78, 5) is 10.4. The molecule has 0 atom stereocenters. The van der Waals surface area contributed by atoms with E-state index in [4.69, 9.17) is 10.5 Å². The lowest BCUT2D eigenvalue weighted by Crippen LogP contribution is -2.44. The molecule has 17 heavy (non-hydrogen) atoms. The van der Waals surface area contributed by atoms with Gasteiger partial charge in [-0.3, -0.25) is 0 Å². The molecule has 0 aromatic heterocycles. The molecular formula is C13H26N2O2. The fourth-order valence-corrected chi connectivity index (χ4v) is 3.41. The van der Waals surface area contributed by atoms with Gasteiger partial charge < -0.3 is 15.8 Å². The van der Waals surface area contributed by atoms with Gasteiger partial charge in [0.1, 0.15) is 6.61 Å². The first-order valence-electron chi connectivity index (χ1n) is 6.36. The summed E-state index contributed by atoms with van der Waals surface area (Å²) in [6.07, 6.45) is 2.91. The van der Waals surface area contributed by atoms with Crippen LogP contribution in [0.1, 0.15) is 47.0 Å². The molecule has 1 amide bonds. The fraction of sp³-hybridized carbons (Fsp3) is 0.923. The van der Waals surface area contributed by atoms with Gasteiger partial charge in [-0.1, -0.05) is 27.7 Å². The van der Waals surface area contributed by atoms with Gasteiger partial charge in [0.2, 0.25) is 0 Å². The van der Waals surface area contributed by atoms with Crippen LogP contribution in [0.3, 0.4) is 0 Å². The molecule has 1 fully saturated rings. The van der Waals surface area contributed by atoms with Crippen molar-refractivity contribution in [1.29, 1.82) is 0 Å². The topological polar surface area (TPSA) is 64.3 Å². The Kier molecular flexibility index (Phi) is 4.42. The molecule has 0 radical (unpaired) electrons. The number of hydrogen-bond acceptors (Lipinski definition) is 3. The summed E-state index contributed by atoms with van der Waals surface area (Å²) >= 11 is 0. The first-order chi connectivity index (χ1) is 7.70. The van der Waals surface area contributed by atoms with E-state index in [2.05, 4.69) is 33.0 Å². The van der Waals surface area contributed by atoms with Crippen LogP contribution in [0.25, 0.3) is 0 Å². The summed E-state index contributed by atoms with van der Waals surface area (Å²) < 4.78 is 4.71. The number of hydrogen-bond donors (Lipinski definition) is 2. The molecule has 0 unspecified atom stereocenters. The maximum absolute atomic E-state index is 10.4. The van der Waals surface area contributed by atoms with Crippen molar-refractivity contribution in [1.82, 2.24) is 5.32 Å². The van der Waals surface area contributed by atoms with Crippen molar-refractivity contribution < 1.29 is 9.53 Å². The second-order valence-electron chi connectivity index (χ2n) is 6.73. The smallest absolute Gasteiger partial charge is 0.404 e. The minimum atomic E-state index is -0.698. The number of primary amides is 1. The predicted octanol–water partition coefficient (Wildman–Crippen LogP) is 2.28. The molecule has 0 aliphatic heterocycles. The average Bonchev–Trinajstić information content (AvgIpc) is 2.06. The molecule has 100 valence electrons. The highest BCUT2D eigenvalue weighted by Gasteiger charge is 2.37. The van der Waals surface area contributed by atoms with Gasteiger partial charge in [-0.15, -0.1) is 0 Å². The van der Waals surface area contributed by atoms with Gasteiger partial charge in [-0.25, -0.2) is 4.79 Å². The number of carbonyl (C=O) groups is 1. The Morgan fingerprint density at radius 1 is 1.29 bits per heavy atom. The number of carbonyl (C=O) groups excluding carboxylic acids is 1. The molecular weight excluding hydrogens is 216 g/mol. The van der Waals surface area contributed by atoms with Crippen molar-refractivity contribution in [2.24, 2.45) is 16.6 Å². The first kappa shape index (κ1) is 14.3. The van der Waals surface area contributed by atoms with Crippen LogP contribution < -0.4 is 11.1 Å². The summed E-state index contributed by atoms with van der Waals surface area (Å²) in [7, 11) is 0. The third-order valence-electron chi connectivity index (χ3n) is 3.33. The molecule has 0 heterocycles. The summed E-state index contributed by atoms with van der Waals surface area (Å²) in [5.41, 5.74) is 5.67. The van der Waals surface area contributed by atoms with E-state index in [9.17, 15) is 4.79 Å². The van der Waals surface area contributed by atoms with Crippen LogP contribution in [-0.2, 0) is 4.74 Å². The quantitative estimate of drug-likeness (QED) is 0.743. The molecule has 1 rings (SSSR count). The summed E-state index contributed by atoms with van der Waals surface area (Å²) in [5.74, 6) is 0. The molecule has 0 saturated heterocycles. The van der Waals surface area contributed by atoms with E-state index in [1.165, 1.54) is 19.3 Å². The molecule has 0 spiro atoms. The summed E-state index contributed by atoms with van der Waals surface area (Å²) in [5, 5.41) is 3.46. The van der Waals surface area contributed by atoms with Crippen LogP contribution in [0.15, 0.2) is 0 Å². The van der Waals surface area contributed by atoms with E-state index in [-0.39, 0.29) is 0 Å². The Labute approximate surface area is 104 Å². The Morgan fingerprint density at radius 3 is 2.29 bits per heavy atom. The van der Waals surface area contributed by atoms with Crippen LogP contribution in [0, 0.1) is 10.8 Å². The van der Waals surface area contributed by atoms with Crippen LogP contribution in [0.5, 0.6) is 0 Å². The normalized spacial score (nSPS) is 23.3.